The van der Waals surface area contributed by atoms with Crippen LogP contribution >= 0.6 is 0 Å². The van der Waals surface area contributed by atoms with E-state index in [1.54, 1.807) is 0 Å². The van der Waals surface area contributed by atoms with Crippen molar-refractivity contribution in [2.45, 2.75) is 96.2 Å². The van der Waals surface area contributed by atoms with E-state index in [0.29, 0.717) is 12.8 Å². The molecular formula is C18H34O4. The van der Waals surface area contributed by atoms with E-state index in [1.807, 2.05) is 0 Å². The molecule has 0 heterocycles. The van der Waals surface area contributed by atoms with Crippen LogP contribution in [-0.2, 0) is 4.79 Å². The number of aliphatic carboxylic acids is 1. The fourth-order valence-electron chi connectivity index (χ4n) is 2.40. The van der Waals surface area contributed by atoms with Crippen LogP contribution in [0.3, 0.4) is 0 Å². The normalized spacial score (nSPS) is 12.1. The number of carboxylic acids is 1. The van der Waals surface area contributed by atoms with Gasteiger partial charge in [-0.25, -0.2) is 0 Å². The van der Waals surface area contributed by atoms with Crippen molar-refractivity contribution >= 4 is 5.97 Å². The SMILES string of the molecule is CCCCCC(O)(O)CCCCC/C=C\CCCCC(=O)O. The molecule has 0 radical (unpaired) electrons. The Balaban J connectivity index is 3.39. The Morgan fingerprint density at radius 3 is 1.95 bits per heavy atom. The van der Waals surface area contributed by atoms with Crippen molar-refractivity contribution in [3.63, 3.8) is 0 Å². The van der Waals surface area contributed by atoms with Crippen LogP contribution in [0, 0.1) is 0 Å². The summed E-state index contributed by atoms with van der Waals surface area (Å²) in [7, 11) is 0. The molecule has 0 aliphatic heterocycles. The molecule has 130 valence electrons. The molecular weight excluding hydrogens is 280 g/mol. The molecule has 3 N–H and O–H groups in total. The minimum Gasteiger partial charge on any atom is -0.481 e. The molecule has 22 heavy (non-hydrogen) atoms. The molecule has 0 spiro atoms. The predicted molar refractivity (Wildman–Crippen MR) is 89.6 cm³/mol. The maximum atomic E-state index is 10.3. The lowest BCUT2D eigenvalue weighted by atomic mass is 10.0. The van der Waals surface area contributed by atoms with Gasteiger partial charge in [-0.2, -0.15) is 0 Å². The van der Waals surface area contributed by atoms with E-state index < -0.39 is 11.8 Å². The molecule has 4 heteroatoms. The molecule has 0 aromatic carbocycles. The van der Waals surface area contributed by atoms with Crippen molar-refractivity contribution in [1.29, 1.82) is 0 Å². The van der Waals surface area contributed by atoms with E-state index in [4.69, 9.17) is 5.11 Å². The summed E-state index contributed by atoms with van der Waals surface area (Å²) < 4.78 is 0. The quantitative estimate of drug-likeness (QED) is 0.238. The van der Waals surface area contributed by atoms with Crippen molar-refractivity contribution in [3.8, 4) is 0 Å². The second-order valence-electron chi connectivity index (χ2n) is 6.15. The summed E-state index contributed by atoms with van der Waals surface area (Å²) in [6.45, 7) is 2.11. The summed E-state index contributed by atoms with van der Waals surface area (Å²) in [6.07, 6.45) is 15.1. The zero-order valence-corrected chi connectivity index (χ0v) is 14.1. The maximum Gasteiger partial charge on any atom is 0.303 e. The monoisotopic (exact) mass is 314 g/mol. The van der Waals surface area contributed by atoms with Gasteiger partial charge in [0.25, 0.3) is 0 Å². The molecule has 0 bridgehead atoms. The minimum atomic E-state index is -1.48. The highest BCUT2D eigenvalue weighted by Gasteiger charge is 2.20. The standard InChI is InChI=1S/C18H34O4/c1-2-3-12-15-18(21,22)16-13-10-8-6-4-5-7-9-11-14-17(19)20/h4-5,21-22H,2-3,6-16H2,1H3,(H,19,20)/b5-4-. The van der Waals surface area contributed by atoms with Gasteiger partial charge in [-0.15, -0.1) is 0 Å². The molecule has 0 saturated carbocycles. The lowest BCUT2D eigenvalue weighted by molar-refractivity contribution is -0.172. The second-order valence-corrected chi connectivity index (χ2v) is 6.15. The zero-order valence-electron chi connectivity index (χ0n) is 14.1. The molecule has 0 aromatic rings. The third-order valence-corrected chi connectivity index (χ3v) is 3.81. The van der Waals surface area contributed by atoms with Crippen LogP contribution in [0.2, 0.25) is 0 Å². The van der Waals surface area contributed by atoms with E-state index in [-0.39, 0.29) is 6.42 Å². The highest BCUT2D eigenvalue weighted by Crippen LogP contribution is 2.19. The van der Waals surface area contributed by atoms with E-state index >= 15 is 0 Å². The van der Waals surface area contributed by atoms with Crippen LogP contribution in [0.1, 0.15) is 90.4 Å². The Morgan fingerprint density at radius 2 is 1.41 bits per heavy atom. The van der Waals surface area contributed by atoms with Gasteiger partial charge in [0.2, 0.25) is 0 Å². The third kappa shape index (κ3) is 15.5. The van der Waals surface area contributed by atoms with Gasteiger partial charge in [0, 0.05) is 19.3 Å². The lowest BCUT2D eigenvalue weighted by Crippen LogP contribution is -2.27. The van der Waals surface area contributed by atoms with Crippen LogP contribution in [0.4, 0.5) is 0 Å². The maximum absolute atomic E-state index is 10.3. The fourth-order valence-corrected chi connectivity index (χ4v) is 2.40. The van der Waals surface area contributed by atoms with E-state index in [1.165, 1.54) is 0 Å². The first-order chi connectivity index (χ1) is 10.5. The molecule has 0 fully saturated rings. The summed E-state index contributed by atoms with van der Waals surface area (Å²) in [6, 6.07) is 0. The van der Waals surface area contributed by atoms with Gasteiger partial charge >= 0.3 is 5.97 Å². The van der Waals surface area contributed by atoms with Crippen LogP contribution in [0.15, 0.2) is 12.2 Å². The summed E-state index contributed by atoms with van der Waals surface area (Å²) in [5, 5.41) is 28.1. The van der Waals surface area contributed by atoms with Crippen molar-refractivity contribution in [3.05, 3.63) is 12.2 Å². The Bertz CT molecular complexity index is 297. The Morgan fingerprint density at radius 1 is 0.864 bits per heavy atom. The molecule has 4 nitrogen and oxygen atoms in total. The molecule has 0 aromatic heterocycles. The lowest BCUT2D eigenvalue weighted by Gasteiger charge is -2.21. The molecule has 0 aliphatic carbocycles. The Labute approximate surface area is 135 Å². The van der Waals surface area contributed by atoms with Crippen LogP contribution in [0.25, 0.3) is 0 Å². The van der Waals surface area contributed by atoms with Gasteiger partial charge in [-0.1, -0.05) is 38.3 Å². The van der Waals surface area contributed by atoms with Crippen LogP contribution in [0.5, 0.6) is 0 Å². The van der Waals surface area contributed by atoms with Crippen molar-refractivity contribution in [1.82, 2.24) is 0 Å². The number of unbranched alkanes of at least 4 members (excludes halogenated alkanes) is 7. The van der Waals surface area contributed by atoms with E-state index in [0.717, 1.165) is 64.2 Å². The molecule has 0 atom stereocenters. The van der Waals surface area contributed by atoms with Crippen molar-refractivity contribution in [2.75, 3.05) is 0 Å². The molecule has 0 rings (SSSR count). The Kier molecular flexibility index (Phi) is 13.2. The predicted octanol–water partition coefficient (Wildman–Crippen LogP) is 4.40. The van der Waals surface area contributed by atoms with Gasteiger partial charge in [0.15, 0.2) is 5.79 Å². The van der Waals surface area contributed by atoms with Gasteiger partial charge < -0.3 is 15.3 Å². The number of hydrogen-bond acceptors (Lipinski definition) is 3. The third-order valence-electron chi connectivity index (χ3n) is 3.81. The van der Waals surface area contributed by atoms with E-state index in [9.17, 15) is 15.0 Å². The highest BCUT2D eigenvalue weighted by molar-refractivity contribution is 5.66. The summed E-state index contributed by atoms with van der Waals surface area (Å²) >= 11 is 0. The first kappa shape index (κ1) is 21.1. The smallest absolute Gasteiger partial charge is 0.303 e. The topological polar surface area (TPSA) is 77.8 Å². The van der Waals surface area contributed by atoms with Crippen LogP contribution in [-0.4, -0.2) is 27.1 Å². The van der Waals surface area contributed by atoms with Gasteiger partial charge in [0.1, 0.15) is 0 Å². The first-order valence-corrected chi connectivity index (χ1v) is 8.79. The minimum absolute atomic E-state index is 0.260. The number of carbonyl (C=O) groups is 1. The highest BCUT2D eigenvalue weighted by atomic mass is 16.5. The largest absolute Gasteiger partial charge is 0.481 e. The van der Waals surface area contributed by atoms with Crippen molar-refractivity contribution < 1.29 is 20.1 Å². The van der Waals surface area contributed by atoms with Gasteiger partial charge in [-0.3, -0.25) is 4.79 Å². The Hall–Kier alpha value is -0.870. The molecule has 0 amide bonds. The summed E-state index contributed by atoms with van der Waals surface area (Å²) in [5.74, 6) is -2.20. The van der Waals surface area contributed by atoms with Crippen LogP contribution < -0.4 is 0 Å². The molecule has 0 aliphatic rings. The number of rotatable bonds is 15. The van der Waals surface area contributed by atoms with Crippen molar-refractivity contribution in [2.24, 2.45) is 0 Å². The average molecular weight is 314 g/mol. The molecule has 0 unspecified atom stereocenters. The number of aliphatic hydroxyl groups is 2. The first-order valence-electron chi connectivity index (χ1n) is 8.79. The number of carboxylic acid groups (broad SMARTS) is 1. The summed E-state index contributed by atoms with van der Waals surface area (Å²) in [4.78, 5) is 10.3. The average Bonchev–Trinajstić information content (AvgIpc) is 2.44. The van der Waals surface area contributed by atoms with Gasteiger partial charge in [0.05, 0.1) is 0 Å². The number of allylic oxidation sites excluding steroid dienone is 2. The van der Waals surface area contributed by atoms with E-state index in [2.05, 4.69) is 19.1 Å². The zero-order chi connectivity index (χ0) is 16.7. The summed E-state index contributed by atoms with van der Waals surface area (Å²) in [5.41, 5.74) is 0. The number of hydrogen-bond donors (Lipinski definition) is 3. The second kappa shape index (κ2) is 13.8. The molecule has 0 saturated heterocycles. The fraction of sp³-hybridized carbons (Fsp3) is 0.833. The van der Waals surface area contributed by atoms with Gasteiger partial charge in [-0.05, 0) is 44.9 Å².